The number of hydrogen-bond acceptors (Lipinski definition) is 6. The Morgan fingerprint density at radius 3 is 2.91 bits per heavy atom. The van der Waals surface area contributed by atoms with Gasteiger partial charge in [-0.1, -0.05) is 0 Å². The molecule has 0 aliphatic heterocycles. The van der Waals surface area contributed by atoms with E-state index in [0.29, 0.717) is 33.5 Å². The van der Waals surface area contributed by atoms with Crippen LogP contribution in [0.1, 0.15) is 17.4 Å². The molecule has 0 atom stereocenters. The summed E-state index contributed by atoms with van der Waals surface area (Å²) in [6.07, 6.45) is 5.58. The first-order valence-electron chi connectivity index (χ1n) is 6.37. The molecule has 0 unspecified atom stereocenters. The van der Waals surface area contributed by atoms with Gasteiger partial charge in [0.05, 0.1) is 0 Å². The normalized spacial score (nSPS) is 10.4. The monoisotopic (exact) mass is 313 g/mol. The Morgan fingerprint density at radius 1 is 1.36 bits per heavy atom. The Hall–Kier alpha value is -2.87. The van der Waals surface area contributed by atoms with E-state index in [9.17, 15) is 9.59 Å². The lowest BCUT2D eigenvalue weighted by molar-refractivity contribution is -0.114. The van der Waals surface area contributed by atoms with Crippen LogP contribution in [0.3, 0.4) is 0 Å². The zero-order valence-electron chi connectivity index (χ0n) is 11.5. The standard InChI is InChI=1S/C14H11N5O2S/c1-8(21)18-11-6-9(2-3-15-11)14-19-10(7-20)12(22-14)13-16-4-5-17-13/h2-7H,1H3,(H,16,17)(H,15,18,21). The number of thiazole rings is 1. The maximum atomic E-state index is 11.2. The van der Waals surface area contributed by atoms with Gasteiger partial charge >= 0.3 is 0 Å². The van der Waals surface area contributed by atoms with Crippen LogP contribution in [0, 0.1) is 0 Å². The van der Waals surface area contributed by atoms with Crippen molar-refractivity contribution in [1.29, 1.82) is 0 Å². The van der Waals surface area contributed by atoms with E-state index in [1.165, 1.54) is 18.3 Å². The van der Waals surface area contributed by atoms with Gasteiger partial charge in [-0.15, -0.1) is 11.3 Å². The third kappa shape index (κ3) is 2.77. The topological polar surface area (TPSA) is 101 Å². The number of amides is 1. The molecule has 2 N–H and O–H groups in total. The van der Waals surface area contributed by atoms with E-state index < -0.39 is 0 Å². The number of aromatic nitrogens is 4. The summed E-state index contributed by atoms with van der Waals surface area (Å²) in [6.45, 7) is 1.41. The van der Waals surface area contributed by atoms with Crippen molar-refractivity contribution in [2.75, 3.05) is 5.32 Å². The van der Waals surface area contributed by atoms with Crippen LogP contribution in [0.15, 0.2) is 30.7 Å². The first kappa shape index (κ1) is 14.1. The molecule has 3 aromatic rings. The second-order valence-electron chi connectivity index (χ2n) is 4.40. The summed E-state index contributed by atoms with van der Waals surface area (Å²) in [5.41, 5.74) is 1.09. The minimum atomic E-state index is -0.200. The van der Waals surface area contributed by atoms with Crippen LogP contribution in [0.2, 0.25) is 0 Å². The highest BCUT2D eigenvalue weighted by molar-refractivity contribution is 7.18. The Labute approximate surface area is 129 Å². The molecule has 0 spiro atoms. The van der Waals surface area contributed by atoms with Crippen molar-refractivity contribution in [3.8, 4) is 21.3 Å². The van der Waals surface area contributed by atoms with Gasteiger partial charge in [-0.25, -0.2) is 15.0 Å². The molecule has 22 heavy (non-hydrogen) atoms. The van der Waals surface area contributed by atoms with Crippen molar-refractivity contribution in [3.05, 3.63) is 36.4 Å². The van der Waals surface area contributed by atoms with Gasteiger partial charge in [0.25, 0.3) is 0 Å². The summed E-state index contributed by atoms with van der Waals surface area (Å²) < 4.78 is 0. The number of hydrogen-bond donors (Lipinski definition) is 2. The van der Waals surface area contributed by atoms with E-state index in [0.717, 1.165) is 5.56 Å². The number of aldehydes is 1. The molecule has 0 saturated heterocycles. The van der Waals surface area contributed by atoms with E-state index in [-0.39, 0.29) is 5.91 Å². The number of nitrogens with one attached hydrogen (secondary N) is 2. The molecule has 0 aliphatic rings. The Kier molecular flexibility index (Phi) is 3.75. The summed E-state index contributed by atoms with van der Waals surface area (Å²) in [4.78, 5) is 38.5. The summed E-state index contributed by atoms with van der Waals surface area (Å²) in [7, 11) is 0. The quantitative estimate of drug-likeness (QED) is 0.720. The largest absolute Gasteiger partial charge is 0.344 e. The molecule has 0 saturated carbocycles. The second-order valence-corrected chi connectivity index (χ2v) is 5.40. The third-order valence-corrected chi connectivity index (χ3v) is 3.92. The minimum absolute atomic E-state index is 0.200. The lowest BCUT2D eigenvalue weighted by atomic mass is 10.2. The Morgan fingerprint density at radius 2 is 2.23 bits per heavy atom. The fourth-order valence-electron chi connectivity index (χ4n) is 1.91. The van der Waals surface area contributed by atoms with E-state index >= 15 is 0 Å². The molecule has 0 radical (unpaired) electrons. The number of anilines is 1. The fourth-order valence-corrected chi connectivity index (χ4v) is 2.90. The van der Waals surface area contributed by atoms with Gasteiger partial charge in [0.1, 0.15) is 27.2 Å². The van der Waals surface area contributed by atoms with Crippen molar-refractivity contribution in [2.24, 2.45) is 0 Å². The van der Waals surface area contributed by atoms with Gasteiger partial charge in [-0.2, -0.15) is 0 Å². The van der Waals surface area contributed by atoms with Crippen LogP contribution >= 0.6 is 11.3 Å². The van der Waals surface area contributed by atoms with Gasteiger partial charge in [0.15, 0.2) is 6.29 Å². The predicted octanol–water partition coefficient (Wildman–Crippen LogP) is 2.37. The van der Waals surface area contributed by atoms with Gasteiger partial charge in [-0.05, 0) is 12.1 Å². The molecule has 3 heterocycles. The highest BCUT2D eigenvalue weighted by atomic mass is 32.1. The van der Waals surface area contributed by atoms with Gasteiger partial charge in [-0.3, -0.25) is 9.59 Å². The molecule has 7 nitrogen and oxygen atoms in total. The molecule has 0 fully saturated rings. The fraction of sp³-hybridized carbons (Fsp3) is 0.0714. The lowest BCUT2D eigenvalue weighted by Crippen LogP contribution is -2.07. The number of carbonyl (C=O) groups excluding carboxylic acids is 2. The van der Waals surface area contributed by atoms with Crippen LogP contribution in [0.25, 0.3) is 21.3 Å². The molecule has 0 aliphatic carbocycles. The van der Waals surface area contributed by atoms with Crippen molar-refractivity contribution in [2.45, 2.75) is 6.92 Å². The van der Waals surface area contributed by atoms with Crippen molar-refractivity contribution < 1.29 is 9.59 Å². The Bertz CT molecular complexity index is 826. The highest BCUT2D eigenvalue weighted by Crippen LogP contribution is 2.33. The number of nitrogens with zero attached hydrogens (tertiary/aromatic N) is 3. The highest BCUT2D eigenvalue weighted by Gasteiger charge is 2.16. The zero-order chi connectivity index (χ0) is 15.5. The summed E-state index contributed by atoms with van der Waals surface area (Å²) in [6, 6.07) is 3.48. The maximum Gasteiger partial charge on any atom is 0.222 e. The molecule has 0 bridgehead atoms. The Balaban J connectivity index is 2.02. The van der Waals surface area contributed by atoms with Crippen LogP contribution in [-0.2, 0) is 4.79 Å². The summed E-state index contributed by atoms with van der Waals surface area (Å²) >= 11 is 1.35. The minimum Gasteiger partial charge on any atom is -0.344 e. The SMILES string of the molecule is CC(=O)Nc1cc(-c2nc(C=O)c(-c3ncc[nH]3)s2)ccn1. The van der Waals surface area contributed by atoms with E-state index in [1.807, 2.05) is 0 Å². The zero-order valence-corrected chi connectivity index (χ0v) is 12.3. The molecule has 8 heteroatoms. The van der Waals surface area contributed by atoms with Crippen LogP contribution in [-0.4, -0.2) is 32.1 Å². The second kappa shape index (κ2) is 5.86. The first-order chi connectivity index (χ1) is 10.7. The van der Waals surface area contributed by atoms with E-state index in [2.05, 4.69) is 25.3 Å². The van der Waals surface area contributed by atoms with Crippen LogP contribution in [0.4, 0.5) is 5.82 Å². The number of carbonyl (C=O) groups is 2. The molecule has 3 aromatic heterocycles. The molecule has 110 valence electrons. The average molecular weight is 313 g/mol. The number of aromatic amines is 1. The third-order valence-electron chi connectivity index (χ3n) is 2.79. The molecular weight excluding hydrogens is 302 g/mol. The summed E-state index contributed by atoms with van der Waals surface area (Å²) in [5, 5.41) is 3.27. The van der Waals surface area contributed by atoms with Crippen molar-refractivity contribution in [3.63, 3.8) is 0 Å². The molecule has 0 aromatic carbocycles. The van der Waals surface area contributed by atoms with E-state index in [1.54, 1.807) is 30.7 Å². The van der Waals surface area contributed by atoms with E-state index in [4.69, 9.17) is 0 Å². The number of pyridine rings is 1. The lowest BCUT2D eigenvalue weighted by Gasteiger charge is -2.02. The van der Waals surface area contributed by atoms with Gasteiger partial charge in [0.2, 0.25) is 5.91 Å². The smallest absolute Gasteiger partial charge is 0.222 e. The first-order valence-corrected chi connectivity index (χ1v) is 7.19. The predicted molar refractivity (Wildman–Crippen MR) is 82.6 cm³/mol. The number of rotatable bonds is 4. The van der Waals surface area contributed by atoms with Gasteiger partial charge < -0.3 is 10.3 Å². The molecular formula is C14H11N5O2S. The van der Waals surface area contributed by atoms with Gasteiger partial charge in [0, 0.05) is 31.1 Å². The van der Waals surface area contributed by atoms with Crippen molar-refractivity contribution in [1.82, 2.24) is 19.9 Å². The van der Waals surface area contributed by atoms with Crippen molar-refractivity contribution >= 4 is 29.3 Å². The van der Waals surface area contributed by atoms with Crippen LogP contribution < -0.4 is 5.32 Å². The molecule has 1 amide bonds. The maximum absolute atomic E-state index is 11.2. The summed E-state index contributed by atoms with van der Waals surface area (Å²) in [5.74, 6) is 0.836. The van der Waals surface area contributed by atoms with Crippen LogP contribution in [0.5, 0.6) is 0 Å². The number of imidazole rings is 1. The molecule has 3 rings (SSSR count). The average Bonchev–Trinajstić information content (AvgIpc) is 3.15. The number of H-pyrrole nitrogens is 1.